The molecular weight excluding hydrogens is 371 g/mol. The lowest BCUT2D eigenvalue weighted by Gasteiger charge is -2.34. The number of carbonyl (C=O) groups is 1. The van der Waals surface area contributed by atoms with Crippen LogP contribution in [0.1, 0.15) is 29.3 Å². The van der Waals surface area contributed by atoms with Crippen molar-refractivity contribution < 1.29 is 18.0 Å². The van der Waals surface area contributed by atoms with Crippen molar-refractivity contribution in [3.63, 3.8) is 0 Å². The molecule has 1 saturated heterocycles. The topological polar surface area (TPSA) is 20.3 Å². The lowest BCUT2D eigenvalue weighted by Crippen LogP contribution is -2.44. The van der Waals surface area contributed by atoms with E-state index in [-0.39, 0.29) is 10.9 Å². The summed E-state index contributed by atoms with van der Waals surface area (Å²) in [5, 5.41) is -0.174. The predicted molar refractivity (Wildman–Crippen MR) is 78.5 cm³/mol. The molecule has 2 nitrogen and oxygen atoms in total. The number of piperidine rings is 1. The average molecular weight is 385 g/mol. The first-order valence-corrected chi connectivity index (χ1v) is 7.73. The van der Waals surface area contributed by atoms with Crippen molar-refractivity contribution in [2.75, 3.05) is 13.1 Å². The van der Waals surface area contributed by atoms with Gasteiger partial charge in [0.2, 0.25) is 0 Å². The molecule has 0 bridgehead atoms. The molecule has 0 aliphatic carbocycles. The molecule has 0 saturated carbocycles. The van der Waals surface area contributed by atoms with Crippen LogP contribution in [0.2, 0.25) is 0 Å². The summed E-state index contributed by atoms with van der Waals surface area (Å²) in [5.41, 5.74) is -0.815. The largest absolute Gasteiger partial charge is 0.416 e. The molecule has 1 heterocycles. The molecule has 1 aliphatic heterocycles. The highest BCUT2D eigenvalue weighted by Gasteiger charge is 2.33. The summed E-state index contributed by atoms with van der Waals surface area (Å²) in [4.78, 5) is 13.9. The summed E-state index contributed by atoms with van der Waals surface area (Å²) in [6, 6.07) is 3.08. The predicted octanol–water partition coefficient (Wildman–Crippen LogP) is 4.56. The fourth-order valence-corrected chi connectivity index (χ4v) is 2.95. The normalized spacial score (nSPS) is 23.2. The first kappa shape index (κ1) is 16.6. The summed E-state index contributed by atoms with van der Waals surface area (Å²) in [6.45, 7) is 2.86. The van der Waals surface area contributed by atoms with E-state index in [0.29, 0.717) is 23.5 Å². The van der Waals surface area contributed by atoms with Crippen LogP contribution in [0.15, 0.2) is 22.7 Å². The van der Waals surface area contributed by atoms with E-state index in [1.54, 1.807) is 0 Å². The minimum Gasteiger partial charge on any atom is -0.337 e. The molecule has 2 unspecified atom stereocenters. The Morgan fingerprint density at radius 2 is 2.10 bits per heavy atom. The molecule has 0 radical (unpaired) electrons. The average Bonchev–Trinajstić information content (AvgIpc) is 2.40. The molecule has 21 heavy (non-hydrogen) atoms. The Hall–Kier alpha value is -0.750. The van der Waals surface area contributed by atoms with Crippen LogP contribution in [0.25, 0.3) is 0 Å². The van der Waals surface area contributed by atoms with Crippen molar-refractivity contribution in [1.29, 1.82) is 0 Å². The van der Waals surface area contributed by atoms with Gasteiger partial charge in [0.15, 0.2) is 0 Å². The van der Waals surface area contributed by atoms with E-state index in [0.717, 1.165) is 18.6 Å². The second kappa shape index (κ2) is 6.16. The van der Waals surface area contributed by atoms with Gasteiger partial charge in [0.25, 0.3) is 5.91 Å². The molecule has 1 aromatic rings. The first-order valence-electron chi connectivity index (χ1n) is 6.50. The van der Waals surface area contributed by atoms with Crippen LogP contribution >= 0.6 is 27.5 Å². The van der Waals surface area contributed by atoms with E-state index < -0.39 is 17.6 Å². The number of hydrogen-bond acceptors (Lipinski definition) is 1. The van der Waals surface area contributed by atoms with Gasteiger partial charge < -0.3 is 4.90 Å². The lowest BCUT2D eigenvalue weighted by molar-refractivity contribution is -0.137. The van der Waals surface area contributed by atoms with Crippen LogP contribution in [-0.4, -0.2) is 29.3 Å². The Labute approximate surface area is 134 Å². The Kier molecular flexibility index (Phi) is 4.88. The number of nitrogens with zero attached hydrogens (tertiary/aromatic N) is 1. The van der Waals surface area contributed by atoms with Gasteiger partial charge in [-0.25, -0.2) is 0 Å². The van der Waals surface area contributed by atoms with Gasteiger partial charge >= 0.3 is 6.18 Å². The lowest BCUT2D eigenvalue weighted by atomic mass is 9.98. The van der Waals surface area contributed by atoms with Crippen molar-refractivity contribution in [3.8, 4) is 0 Å². The molecule has 1 aliphatic rings. The van der Waals surface area contributed by atoms with Gasteiger partial charge in [0.05, 0.1) is 16.5 Å². The van der Waals surface area contributed by atoms with Crippen molar-refractivity contribution in [1.82, 2.24) is 4.90 Å². The maximum absolute atomic E-state index is 12.8. The van der Waals surface area contributed by atoms with Crippen molar-refractivity contribution in [3.05, 3.63) is 33.8 Å². The monoisotopic (exact) mass is 383 g/mol. The molecular formula is C14H14BrClF3NO. The maximum atomic E-state index is 12.8. The minimum atomic E-state index is -4.47. The summed E-state index contributed by atoms with van der Waals surface area (Å²) < 4.78 is 38.6. The number of benzene rings is 1. The number of halogens is 5. The molecule has 1 amide bonds. The molecule has 2 atom stereocenters. The minimum absolute atomic E-state index is 0.0169. The molecule has 116 valence electrons. The van der Waals surface area contributed by atoms with Crippen LogP contribution in [0.5, 0.6) is 0 Å². The standard InChI is InChI=1S/C14H14BrClF3NO/c1-8-4-5-20(7-12(8)16)13(21)10-6-9(14(17,18)19)2-3-11(10)15/h2-3,6,8,12H,4-5,7H2,1H3. The number of amides is 1. The first-order chi connectivity index (χ1) is 9.70. The molecule has 0 aromatic heterocycles. The summed E-state index contributed by atoms with van der Waals surface area (Å²) >= 11 is 9.29. The van der Waals surface area contributed by atoms with Crippen molar-refractivity contribution >= 4 is 33.4 Å². The molecule has 1 fully saturated rings. The zero-order valence-corrected chi connectivity index (χ0v) is 13.6. The van der Waals surface area contributed by atoms with Crippen LogP contribution in [0, 0.1) is 5.92 Å². The summed E-state index contributed by atoms with van der Waals surface area (Å²) in [6.07, 6.45) is -3.72. The SMILES string of the molecule is CC1CCN(C(=O)c2cc(C(F)(F)F)ccc2Br)CC1Cl. The zero-order chi connectivity index (χ0) is 15.8. The van der Waals surface area contributed by atoms with E-state index in [4.69, 9.17) is 11.6 Å². The second-order valence-electron chi connectivity index (χ2n) is 5.23. The Morgan fingerprint density at radius 1 is 1.43 bits per heavy atom. The number of likely N-dealkylation sites (tertiary alicyclic amines) is 1. The van der Waals surface area contributed by atoms with Crippen molar-refractivity contribution in [2.24, 2.45) is 5.92 Å². The van der Waals surface area contributed by atoms with Crippen LogP contribution in [0.4, 0.5) is 13.2 Å². The molecule has 7 heteroatoms. The van der Waals surface area contributed by atoms with E-state index in [9.17, 15) is 18.0 Å². The van der Waals surface area contributed by atoms with Crippen LogP contribution < -0.4 is 0 Å². The van der Waals surface area contributed by atoms with E-state index in [1.165, 1.54) is 11.0 Å². The van der Waals surface area contributed by atoms with E-state index in [2.05, 4.69) is 15.9 Å². The Balaban J connectivity index is 2.27. The smallest absolute Gasteiger partial charge is 0.337 e. The van der Waals surface area contributed by atoms with Gasteiger partial charge in [-0.05, 0) is 46.5 Å². The fraction of sp³-hybridized carbons (Fsp3) is 0.500. The second-order valence-corrected chi connectivity index (χ2v) is 6.64. The number of carbonyl (C=O) groups excluding carboxylic acids is 1. The van der Waals surface area contributed by atoms with Crippen molar-refractivity contribution in [2.45, 2.75) is 24.9 Å². The van der Waals surface area contributed by atoms with Gasteiger partial charge in [0, 0.05) is 17.6 Å². The van der Waals surface area contributed by atoms with Crippen LogP contribution in [0.3, 0.4) is 0 Å². The Bertz CT molecular complexity index is 550. The molecule has 2 rings (SSSR count). The maximum Gasteiger partial charge on any atom is 0.416 e. The number of hydrogen-bond donors (Lipinski definition) is 0. The highest BCUT2D eigenvalue weighted by Crippen LogP contribution is 2.33. The Morgan fingerprint density at radius 3 is 2.67 bits per heavy atom. The van der Waals surface area contributed by atoms with E-state index in [1.807, 2.05) is 6.92 Å². The quantitative estimate of drug-likeness (QED) is 0.650. The van der Waals surface area contributed by atoms with Crippen LogP contribution in [-0.2, 0) is 6.18 Å². The molecule has 0 spiro atoms. The van der Waals surface area contributed by atoms with Gasteiger partial charge in [-0.1, -0.05) is 6.92 Å². The number of alkyl halides is 4. The highest BCUT2D eigenvalue weighted by molar-refractivity contribution is 9.10. The summed E-state index contributed by atoms with van der Waals surface area (Å²) in [7, 11) is 0. The third kappa shape index (κ3) is 3.72. The fourth-order valence-electron chi connectivity index (χ4n) is 2.24. The van der Waals surface area contributed by atoms with Gasteiger partial charge in [-0.3, -0.25) is 4.79 Å². The highest BCUT2D eigenvalue weighted by atomic mass is 79.9. The van der Waals surface area contributed by atoms with E-state index >= 15 is 0 Å². The van der Waals surface area contributed by atoms with Gasteiger partial charge in [0.1, 0.15) is 0 Å². The zero-order valence-electron chi connectivity index (χ0n) is 11.3. The van der Waals surface area contributed by atoms with Gasteiger partial charge in [-0.15, -0.1) is 11.6 Å². The molecule has 0 N–H and O–H groups in total. The van der Waals surface area contributed by atoms with Gasteiger partial charge in [-0.2, -0.15) is 13.2 Å². The molecule has 1 aromatic carbocycles. The third-order valence-electron chi connectivity index (χ3n) is 3.68. The third-order valence-corrected chi connectivity index (χ3v) is 4.94. The number of rotatable bonds is 1. The summed E-state index contributed by atoms with van der Waals surface area (Å²) in [5.74, 6) is -0.133.